The van der Waals surface area contributed by atoms with Crippen molar-refractivity contribution in [3.05, 3.63) is 81.0 Å². The standard InChI is InChI=1S/C24H26N6O3S/c1-2-3-13-29-21(25)20(22(32)28-24(29)33)30(14-16-9-5-4-6-10-16)19(31)15-34-23-26-17-11-7-8-12-18(17)27-23/h4-12H,2-3,13-15,25H2,1H3,(H,26,27)(H,28,32,33). The number of aromatic amines is 2. The minimum Gasteiger partial charge on any atom is -0.383 e. The number of hydrogen-bond acceptors (Lipinski definition) is 6. The molecular formula is C24H26N6O3S. The van der Waals surface area contributed by atoms with Gasteiger partial charge in [-0.3, -0.25) is 24.0 Å². The van der Waals surface area contributed by atoms with Crippen LogP contribution in [0.25, 0.3) is 11.0 Å². The Morgan fingerprint density at radius 2 is 1.82 bits per heavy atom. The average molecular weight is 479 g/mol. The van der Waals surface area contributed by atoms with Gasteiger partial charge in [0.15, 0.2) is 10.8 Å². The number of aromatic nitrogens is 4. The molecule has 0 bridgehead atoms. The van der Waals surface area contributed by atoms with E-state index in [1.54, 1.807) is 0 Å². The fraction of sp³-hybridized carbons (Fsp3) is 0.250. The molecule has 0 aliphatic rings. The Bertz CT molecular complexity index is 1380. The number of rotatable bonds is 9. The number of unbranched alkanes of at least 4 members (excludes halogenated alkanes) is 1. The number of imidazole rings is 1. The summed E-state index contributed by atoms with van der Waals surface area (Å²) in [6, 6.07) is 16.9. The van der Waals surface area contributed by atoms with Crippen LogP contribution in [-0.2, 0) is 17.9 Å². The number of H-pyrrole nitrogens is 2. The van der Waals surface area contributed by atoms with Crippen molar-refractivity contribution >= 4 is 40.2 Å². The quantitative estimate of drug-likeness (QED) is 0.317. The Morgan fingerprint density at radius 1 is 1.09 bits per heavy atom. The van der Waals surface area contributed by atoms with Crippen LogP contribution in [0.3, 0.4) is 0 Å². The van der Waals surface area contributed by atoms with E-state index in [1.807, 2.05) is 61.5 Å². The first-order valence-corrected chi connectivity index (χ1v) is 12.0. The van der Waals surface area contributed by atoms with E-state index in [0.29, 0.717) is 18.1 Å². The van der Waals surface area contributed by atoms with Crippen LogP contribution in [0.15, 0.2) is 69.3 Å². The highest BCUT2D eigenvalue weighted by molar-refractivity contribution is 7.99. The minimum absolute atomic E-state index is 0.0137. The number of nitrogens with one attached hydrogen (secondary N) is 2. The molecule has 0 atom stereocenters. The second-order valence-electron chi connectivity index (χ2n) is 7.81. The number of benzene rings is 2. The maximum atomic E-state index is 13.4. The highest BCUT2D eigenvalue weighted by Crippen LogP contribution is 2.24. The third kappa shape index (κ3) is 5.07. The van der Waals surface area contributed by atoms with Crippen molar-refractivity contribution in [3.63, 3.8) is 0 Å². The molecule has 0 fully saturated rings. The summed E-state index contributed by atoms with van der Waals surface area (Å²) in [5, 5.41) is 0.601. The van der Waals surface area contributed by atoms with Gasteiger partial charge in [-0.25, -0.2) is 9.78 Å². The summed E-state index contributed by atoms with van der Waals surface area (Å²) < 4.78 is 1.32. The highest BCUT2D eigenvalue weighted by atomic mass is 32.2. The summed E-state index contributed by atoms with van der Waals surface area (Å²) in [6.45, 7) is 2.49. The molecule has 176 valence electrons. The number of hydrogen-bond donors (Lipinski definition) is 3. The number of carbonyl (C=O) groups is 1. The number of nitrogens with two attached hydrogens (primary N) is 1. The van der Waals surface area contributed by atoms with Gasteiger partial charge in [0.2, 0.25) is 5.91 Å². The fourth-order valence-electron chi connectivity index (χ4n) is 3.64. The van der Waals surface area contributed by atoms with Crippen molar-refractivity contribution in [2.75, 3.05) is 16.4 Å². The van der Waals surface area contributed by atoms with Crippen molar-refractivity contribution in [3.8, 4) is 0 Å². The summed E-state index contributed by atoms with van der Waals surface area (Å²) in [6.07, 6.45) is 1.56. The molecule has 2 heterocycles. The average Bonchev–Trinajstić information content (AvgIpc) is 3.25. The van der Waals surface area contributed by atoms with Crippen LogP contribution in [0.2, 0.25) is 0 Å². The van der Waals surface area contributed by atoms with E-state index in [4.69, 9.17) is 5.73 Å². The first-order valence-electron chi connectivity index (χ1n) is 11.0. The summed E-state index contributed by atoms with van der Waals surface area (Å²) in [5.41, 5.74) is 7.53. The van der Waals surface area contributed by atoms with E-state index < -0.39 is 11.2 Å². The Kier molecular flexibility index (Phi) is 7.17. The maximum Gasteiger partial charge on any atom is 0.330 e. The van der Waals surface area contributed by atoms with E-state index in [-0.39, 0.29) is 29.7 Å². The SMILES string of the molecule is CCCCn1c(N)c(N(Cc2ccccc2)C(=O)CSc2nc3ccccc3[nH]2)c(=O)[nH]c1=O. The number of anilines is 2. The van der Waals surface area contributed by atoms with Gasteiger partial charge in [-0.1, -0.05) is 67.6 Å². The van der Waals surface area contributed by atoms with Gasteiger partial charge in [-0.15, -0.1) is 0 Å². The summed E-state index contributed by atoms with van der Waals surface area (Å²) in [5.74, 6) is -0.313. The molecule has 0 radical (unpaired) electrons. The van der Waals surface area contributed by atoms with Gasteiger partial charge in [0.25, 0.3) is 5.56 Å². The van der Waals surface area contributed by atoms with Gasteiger partial charge in [0.05, 0.1) is 23.3 Å². The second kappa shape index (κ2) is 10.4. The fourth-order valence-corrected chi connectivity index (χ4v) is 4.40. The highest BCUT2D eigenvalue weighted by Gasteiger charge is 2.25. The van der Waals surface area contributed by atoms with Crippen LogP contribution in [0.1, 0.15) is 25.3 Å². The Balaban J connectivity index is 1.67. The Labute approximate surface area is 200 Å². The first-order chi connectivity index (χ1) is 16.5. The summed E-state index contributed by atoms with van der Waals surface area (Å²) >= 11 is 1.24. The number of carbonyl (C=O) groups excluding carboxylic acids is 1. The molecule has 4 rings (SSSR count). The largest absolute Gasteiger partial charge is 0.383 e. The van der Waals surface area contributed by atoms with Crippen LogP contribution >= 0.6 is 11.8 Å². The van der Waals surface area contributed by atoms with E-state index in [0.717, 1.165) is 23.0 Å². The van der Waals surface area contributed by atoms with Gasteiger partial charge in [-0.05, 0) is 24.1 Å². The molecule has 0 saturated carbocycles. The number of para-hydroxylation sites is 2. The number of nitrogens with zero attached hydrogens (tertiary/aromatic N) is 3. The molecule has 2 aromatic carbocycles. The smallest absolute Gasteiger partial charge is 0.330 e. The van der Waals surface area contributed by atoms with Crippen LogP contribution in [0.5, 0.6) is 0 Å². The molecule has 10 heteroatoms. The number of amides is 1. The number of fused-ring (bicyclic) bond motifs is 1. The number of nitrogen functional groups attached to an aromatic ring is 1. The lowest BCUT2D eigenvalue weighted by Crippen LogP contribution is -2.41. The minimum atomic E-state index is -0.687. The third-order valence-corrected chi connectivity index (χ3v) is 6.26. The summed E-state index contributed by atoms with van der Waals surface area (Å²) in [4.78, 5) is 50.0. The first kappa shape index (κ1) is 23.4. The Morgan fingerprint density at radius 3 is 2.56 bits per heavy atom. The zero-order valence-corrected chi connectivity index (χ0v) is 19.6. The molecule has 1 amide bonds. The molecular weight excluding hydrogens is 452 g/mol. The normalized spacial score (nSPS) is 11.1. The van der Waals surface area contributed by atoms with Gasteiger partial charge < -0.3 is 10.7 Å². The number of thioether (sulfide) groups is 1. The van der Waals surface area contributed by atoms with Crippen LogP contribution in [-0.4, -0.2) is 31.2 Å². The third-order valence-electron chi connectivity index (χ3n) is 5.40. The second-order valence-corrected chi connectivity index (χ2v) is 8.78. The Hall–Kier alpha value is -3.79. The van der Waals surface area contributed by atoms with Crippen molar-refractivity contribution in [2.45, 2.75) is 38.0 Å². The predicted molar refractivity (Wildman–Crippen MR) is 135 cm³/mol. The van der Waals surface area contributed by atoms with Crippen LogP contribution in [0, 0.1) is 0 Å². The zero-order valence-electron chi connectivity index (χ0n) is 18.8. The summed E-state index contributed by atoms with van der Waals surface area (Å²) in [7, 11) is 0. The van der Waals surface area contributed by atoms with Gasteiger partial charge in [0, 0.05) is 6.54 Å². The molecule has 9 nitrogen and oxygen atoms in total. The van der Waals surface area contributed by atoms with Gasteiger partial charge in [-0.2, -0.15) is 0 Å². The topological polar surface area (TPSA) is 130 Å². The van der Waals surface area contributed by atoms with Crippen molar-refractivity contribution in [2.24, 2.45) is 0 Å². The molecule has 0 unspecified atom stereocenters. The molecule has 4 aromatic rings. The van der Waals surface area contributed by atoms with Crippen LogP contribution < -0.4 is 21.9 Å². The molecule has 2 aromatic heterocycles. The molecule has 0 saturated heterocycles. The van der Waals surface area contributed by atoms with Gasteiger partial charge in [0.1, 0.15) is 5.82 Å². The lowest BCUT2D eigenvalue weighted by atomic mass is 10.2. The lowest BCUT2D eigenvalue weighted by Gasteiger charge is -2.24. The molecule has 34 heavy (non-hydrogen) atoms. The van der Waals surface area contributed by atoms with E-state index >= 15 is 0 Å². The van der Waals surface area contributed by atoms with Gasteiger partial charge >= 0.3 is 5.69 Å². The van der Waals surface area contributed by atoms with Crippen molar-refractivity contribution in [1.29, 1.82) is 0 Å². The molecule has 0 spiro atoms. The van der Waals surface area contributed by atoms with Crippen molar-refractivity contribution in [1.82, 2.24) is 19.5 Å². The van der Waals surface area contributed by atoms with E-state index in [1.165, 1.54) is 21.2 Å². The molecule has 0 aliphatic carbocycles. The van der Waals surface area contributed by atoms with E-state index in [2.05, 4.69) is 15.0 Å². The lowest BCUT2D eigenvalue weighted by molar-refractivity contribution is -0.116. The molecule has 0 aliphatic heterocycles. The monoisotopic (exact) mass is 478 g/mol. The maximum absolute atomic E-state index is 13.4. The van der Waals surface area contributed by atoms with Crippen LogP contribution in [0.4, 0.5) is 11.5 Å². The zero-order chi connectivity index (χ0) is 24.1. The predicted octanol–water partition coefficient (Wildman–Crippen LogP) is 3.12. The van der Waals surface area contributed by atoms with E-state index in [9.17, 15) is 14.4 Å². The van der Waals surface area contributed by atoms with Crippen molar-refractivity contribution < 1.29 is 4.79 Å². The molecule has 4 N–H and O–H groups in total.